The molecule has 0 fully saturated rings. The van der Waals surface area contributed by atoms with Crippen LogP contribution in [0.25, 0.3) is 10.9 Å². The van der Waals surface area contributed by atoms with Crippen molar-refractivity contribution >= 4 is 16.7 Å². The number of fused-ring (bicyclic) bond motifs is 1. The van der Waals surface area contributed by atoms with Crippen molar-refractivity contribution in [1.82, 2.24) is 9.97 Å². The molecular formula is C15H11FN2O. The van der Waals surface area contributed by atoms with Crippen LogP contribution in [-0.4, -0.2) is 15.8 Å². The molecule has 4 heteroatoms. The largest absolute Gasteiger partial charge is 0.360 e. The van der Waals surface area contributed by atoms with Crippen molar-refractivity contribution in [3.05, 3.63) is 65.4 Å². The standard InChI is InChI=1S/C15H11FN2O/c1-9-2-3-13(16)10(6-9)15(19)12-8-18-14-4-5-17-7-11(12)14/h2-8,18H,1H3. The summed E-state index contributed by atoms with van der Waals surface area (Å²) in [5.74, 6) is -0.839. The Balaban J connectivity index is 2.16. The molecule has 2 heterocycles. The molecule has 0 radical (unpaired) electrons. The Hall–Kier alpha value is -2.49. The van der Waals surface area contributed by atoms with E-state index in [2.05, 4.69) is 9.97 Å². The molecule has 0 spiro atoms. The fourth-order valence-corrected chi connectivity index (χ4v) is 2.11. The average molecular weight is 254 g/mol. The van der Waals surface area contributed by atoms with Crippen LogP contribution in [0.5, 0.6) is 0 Å². The summed E-state index contributed by atoms with van der Waals surface area (Å²) in [6.45, 7) is 1.83. The molecule has 2 aromatic heterocycles. The van der Waals surface area contributed by atoms with Crippen molar-refractivity contribution in [2.75, 3.05) is 0 Å². The Labute approximate surface area is 109 Å². The molecule has 0 atom stereocenters. The number of rotatable bonds is 2. The second kappa shape index (κ2) is 4.31. The van der Waals surface area contributed by atoms with E-state index in [1.54, 1.807) is 36.8 Å². The van der Waals surface area contributed by atoms with Crippen molar-refractivity contribution in [3.8, 4) is 0 Å². The van der Waals surface area contributed by atoms with Crippen LogP contribution in [-0.2, 0) is 0 Å². The summed E-state index contributed by atoms with van der Waals surface area (Å²) in [4.78, 5) is 19.4. The number of carbonyl (C=O) groups is 1. The van der Waals surface area contributed by atoms with Crippen molar-refractivity contribution in [2.45, 2.75) is 6.92 Å². The minimum Gasteiger partial charge on any atom is -0.360 e. The number of H-pyrrole nitrogens is 1. The van der Waals surface area contributed by atoms with Crippen molar-refractivity contribution < 1.29 is 9.18 Å². The fourth-order valence-electron chi connectivity index (χ4n) is 2.11. The van der Waals surface area contributed by atoms with Gasteiger partial charge in [0.15, 0.2) is 5.78 Å². The lowest BCUT2D eigenvalue weighted by molar-refractivity contribution is 0.103. The third-order valence-corrected chi connectivity index (χ3v) is 3.09. The summed E-state index contributed by atoms with van der Waals surface area (Å²) in [7, 11) is 0. The number of nitrogens with one attached hydrogen (secondary N) is 1. The number of hydrogen-bond donors (Lipinski definition) is 1. The first-order chi connectivity index (χ1) is 9.16. The van der Waals surface area contributed by atoms with Gasteiger partial charge in [-0.25, -0.2) is 4.39 Å². The molecule has 0 aliphatic heterocycles. The molecule has 1 aromatic carbocycles. The van der Waals surface area contributed by atoms with Gasteiger partial charge in [0.2, 0.25) is 0 Å². The number of carbonyl (C=O) groups excluding carboxylic acids is 1. The molecule has 0 saturated carbocycles. The van der Waals surface area contributed by atoms with Gasteiger partial charge in [-0.15, -0.1) is 0 Å². The summed E-state index contributed by atoms with van der Waals surface area (Å²) in [6.07, 6.45) is 4.84. The van der Waals surface area contributed by atoms with Crippen LogP contribution < -0.4 is 0 Å². The Bertz CT molecular complexity index is 777. The first-order valence-electron chi connectivity index (χ1n) is 5.89. The van der Waals surface area contributed by atoms with E-state index in [1.165, 1.54) is 6.07 Å². The molecule has 0 amide bonds. The molecule has 3 aromatic rings. The van der Waals surface area contributed by atoms with Crippen molar-refractivity contribution in [1.29, 1.82) is 0 Å². The van der Waals surface area contributed by atoms with E-state index in [0.717, 1.165) is 11.1 Å². The van der Waals surface area contributed by atoms with Gasteiger partial charge in [0, 0.05) is 35.1 Å². The van der Waals surface area contributed by atoms with Crippen LogP contribution in [0.2, 0.25) is 0 Å². The van der Waals surface area contributed by atoms with Crippen LogP contribution in [0, 0.1) is 12.7 Å². The number of aromatic amines is 1. The van der Waals surface area contributed by atoms with Crippen LogP contribution >= 0.6 is 0 Å². The fraction of sp³-hybridized carbons (Fsp3) is 0.0667. The Morgan fingerprint density at radius 1 is 1.26 bits per heavy atom. The second-order valence-corrected chi connectivity index (χ2v) is 4.44. The summed E-state index contributed by atoms with van der Waals surface area (Å²) < 4.78 is 13.8. The Kier molecular flexibility index (Phi) is 2.63. The van der Waals surface area contributed by atoms with Gasteiger partial charge in [-0.2, -0.15) is 0 Å². The average Bonchev–Trinajstić information content (AvgIpc) is 2.84. The van der Waals surface area contributed by atoms with Gasteiger partial charge in [0.05, 0.1) is 5.56 Å². The normalized spacial score (nSPS) is 10.8. The molecule has 94 valence electrons. The predicted molar refractivity (Wildman–Crippen MR) is 70.7 cm³/mol. The van der Waals surface area contributed by atoms with Gasteiger partial charge < -0.3 is 4.98 Å². The van der Waals surface area contributed by atoms with Gasteiger partial charge >= 0.3 is 0 Å². The zero-order valence-corrected chi connectivity index (χ0v) is 10.3. The van der Waals surface area contributed by atoms with E-state index in [1.807, 2.05) is 6.92 Å². The number of pyridine rings is 1. The first-order valence-corrected chi connectivity index (χ1v) is 5.89. The Morgan fingerprint density at radius 2 is 2.11 bits per heavy atom. The molecular weight excluding hydrogens is 243 g/mol. The van der Waals surface area contributed by atoms with E-state index in [0.29, 0.717) is 10.9 Å². The smallest absolute Gasteiger partial charge is 0.198 e. The van der Waals surface area contributed by atoms with Crippen LogP contribution in [0.4, 0.5) is 4.39 Å². The van der Waals surface area contributed by atoms with Gasteiger partial charge in [0.25, 0.3) is 0 Å². The quantitative estimate of drug-likeness (QED) is 0.713. The number of nitrogens with zero attached hydrogens (tertiary/aromatic N) is 1. The molecule has 0 aliphatic rings. The van der Waals surface area contributed by atoms with E-state index in [9.17, 15) is 9.18 Å². The van der Waals surface area contributed by atoms with Crippen molar-refractivity contribution in [3.63, 3.8) is 0 Å². The summed E-state index contributed by atoms with van der Waals surface area (Å²) in [5, 5.41) is 0.702. The highest BCUT2D eigenvalue weighted by atomic mass is 19.1. The highest BCUT2D eigenvalue weighted by molar-refractivity contribution is 6.16. The maximum atomic E-state index is 13.8. The lowest BCUT2D eigenvalue weighted by atomic mass is 10.0. The first kappa shape index (κ1) is 11.6. The van der Waals surface area contributed by atoms with Crippen LogP contribution in [0.15, 0.2) is 42.9 Å². The van der Waals surface area contributed by atoms with Gasteiger partial charge in [-0.3, -0.25) is 9.78 Å². The topological polar surface area (TPSA) is 45.8 Å². The summed E-state index contributed by atoms with van der Waals surface area (Å²) >= 11 is 0. The zero-order valence-electron chi connectivity index (χ0n) is 10.3. The van der Waals surface area contributed by atoms with Crippen LogP contribution in [0.3, 0.4) is 0 Å². The summed E-state index contributed by atoms with van der Waals surface area (Å²) in [5.41, 5.74) is 2.19. The second-order valence-electron chi connectivity index (χ2n) is 4.44. The molecule has 19 heavy (non-hydrogen) atoms. The lowest BCUT2D eigenvalue weighted by Crippen LogP contribution is -2.04. The SMILES string of the molecule is Cc1ccc(F)c(C(=O)c2c[nH]c3ccncc23)c1. The van der Waals surface area contributed by atoms with E-state index >= 15 is 0 Å². The van der Waals surface area contributed by atoms with E-state index < -0.39 is 5.82 Å². The molecule has 0 aliphatic carbocycles. The van der Waals surface area contributed by atoms with Gasteiger partial charge in [-0.05, 0) is 25.1 Å². The molecule has 0 bridgehead atoms. The highest BCUT2D eigenvalue weighted by Crippen LogP contribution is 2.21. The van der Waals surface area contributed by atoms with E-state index in [-0.39, 0.29) is 11.3 Å². The lowest BCUT2D eigenvalue weighted by Gasteiger charge is -2.03. The molecule has 3 nitrogen and oxygen atoms in total. The number of halogens is 1. The molecule has 3 rings (SSSR count). The third kappa shape index (κ3) is 1.91. The minimum absolute atomic E-state index is 0.0877. The monoisotopic (exact) mass is 254 g/mol. The van der Waals surface area contributed by atoms with Crippen molar-refractivity contribution in [2.24, 2.45) is 0 Å². The van der Waals surface area contributed by atoms with Gasteiger partial charge in [-0.1, -0.05) is 11.6 Å². The maximum absolute atomic E-state index is 13.8. The third-order valence-electron chi connectivity index (χ3n) is 3.09. The zero-order chi connectivity index (χ0) is 13.4. The molecule has 0 saturated heterocycles. The Morgan fingerprint density at radius 3 is 2.95 bits per heavy atom. The van der Waals surface area contributed by atoms with Crippen LogP contribution in [0.1, 0.15) is 21.5 Å². The highest BCUT2D eigenvalue weighted by Gasteiger charge is 2.17. The number of aromatic nitrogens is 2. The minimum atomic E-state index is -0.506. The summed E-state index contributed by atoms with van der Waals surface area (Å²) in [6, 6.07) is 6.30. The maximum Gasteiger partial charge on any atom is 0.198 e. The number of aryl methyl sites for hydroxylation is 1. The predicted octanol–water partition coefficient (Wildman–Crippen LogP) is 3.24. The number of benzene rings is 1. The van der Waals surface area contributed by atoms with E-state index in [4.69, 9.17) is 0 Å². The number of ketones is 1. The molecule has 0 unspecified atom stereocenters. The molecule has 1 N–H and O–H groups in total. The van der Waals surface area contributed by atoms with Gasteiger partial charge in [0.1, 0.15) is 5.82 Å². The number of hydrogen-bond acceptors (Lipinski definition) is 2.